The van der Waals surface area contributed by atoms with Crippen molar-refractivity contribution in [3.63, 3.8) is 0 Å². The van der Waals surface area contributed by atoms with Gasteiger partial charge >= 0.3 is 0 Å². The fourth-order valence-electron chi connectivity index (χ4n) is 8.70. The summed E-state index contributed by atoms with van der Waals surface area (Å²) in [5.41, 5.74) is 2.51. The zero-order valence-electron chi connectivity index (χ0n) is 20.0. The van der Waals surface area contributed by atoms with Gasteiger partial charge in [0.15, 0.2) is 0 Å². The maximum atomic E-state index is 10.2. The molecule has 4 radical (unpaired) electrons. The normalized spacial score (nSPS) is 44.7. The molecule has 0 aromatic carbocycles. The molecule has 4 aliphatic carbocycles. The Morgan fingerprint density at radius 1 is 1.03 bits per heavy atom. The van der Waals surface area contributed by atoms with Crippen molar-refractivity contribution in [1.29, 1.82) is 0 Å². The minimum atomic E-state index is -0.0926. The van der Waals surface area contributed by atoms with E-state index in [1.54, 1.807) is 5.57 Å². The molecule has 0 heterocycles. The van der Waals surface area contributed by atoms with Crippen LogP contribution >= 0.6 is 0 Å². The summed E-state index contributed by atoms with van der Waals surface area (Å²) in [7, 11) is 0. The monoisotopic (exact) mass is 610 g/mol. The standard InChI is InChI=1S/C27H46O2.Pb/c1-18(17-28)6-5-7-19(2)23-10-11-24-22-9-8-20-16-21(29)12-14-26(20,3)25(22)13-15-27(23,24)4;/h8,18-19,21-25,28-29H,5-7,9-17H2,1-4H3;/t18?,19-,21?,22-,23-,24?,25-,26+,27-;/m1./s1. The number of hydrogen-bond donors (Lipinski definition) is 2. The van der Waals surface area contributed by atoms with Crippen molar-refractivity contribution in [2.45, 2.75) is 104 Å². The van der Waals surface area contributed by atoms with E-state index in [1.165, 1.54) is 57.8 Å². The van der Waals surface area contributed by atoms with Crippen LogP contribution in [0.25, 0.3) is 0 Å². The second kappa shape index (κ2) is 9.83. The first-order valence-corrected chi connectivity index (χ1v) is 12.8. The quantitative estimate of drug-likeness (QED) is 0.287. The zero-order chi connectivity index (χ0) is 20.8. The van der Waals surface area contributed by atoms with E-state index in [2.05, 4.69) is 33.8 Å². The molecule has 3 fully saturated rings. The van der Waals surface area contributed by atoms with Crippen molar-refractivity contribution in [2.75, 3.05) is 6.61 Å². The smallest absolute Gasteiger partial charge is 0.0577 e. The number of rotatable bonds is 6. The first kappa shape index (κ1) is 25.2. The zero-order valence-corrected chi connectivity index (χ0v) is 23.9. The van der Waals surface area contributed by atoms with E-state index in [9.17, 15) is 10.2 Å². The summed E-state index contributed by atoms with van der Waals surface area (Å²) in [5.74, 6) is 4.82. The Balaban J connectivity index is 0.00000256. The Hall–Kier alpha value is 0.582. The third-order valence-corrected chi connectivity index (χ3v) is 10.5. The van der Waals surface area contributed by atoms with E-state index in [0.717, 1.165) is 42.4 Å². The topological polar surface area (TPSA) is 40.5 Å². The maximum absolute atomic E-state index is 10.2. The average molecular weight is 610 g/mol. The molecule has 2 N–H and O–H groups in total. The number of fused-ring (bicyclic) bond motifs is 5. The largest absolute Gasteiger partial charge is 0.396 e. The van der Waals surface area contributed by atoms with Crippen molar-refractivity contribution in [3.05, 3.63) is 11.6 Å². The van der Waals surface area contributed by atoms with Crippen LogP contribution in [0.5, 0.6) is 0 Å². The van der Waals surface area contributed by atoms with Gasteiger partial charge in [0.05, 0.1) is 6.10 Å². The third kappa shape index (κ3) is 4.36. The van der Waals surface area contributed by atoms with Gasteiger partial charge in [0.25, 0.3) is 0 Å². The Morgan fingerprint density at radius 3 is 2.53 bits per heavy atom. The molecule has 2 nitrogen and oxygen atoms in total. The Morgan fingerprint density at radius 2 is 1.80 bits per heavy atom. The van der Waals surface area contributed by atoms with Gasteiger partial charge in [0.2, 0.25) is 0 Å². The van der Waals surface area contributed by atoms with E-state index in [1.807, 2.05) is 0 Å². The van der Waals surface area contributed by atoms with Crippen molar-refractivity contribution in [1.82, 2.24) is 0 Å². The number of aliphatic hydroxyl groups excluding tert-OH is 2. The molecule has 0 aromatic heterocycles. The van der Waals surface area contributed by atoms with E-state index < -0.39 is 0 Å². The Kier molecular flexibility index (Phi) is 8.26. The summed E-state index contributed by atoms with van der Waals surface area (Å²) in [5, 5.41) is 19.5. The molecule has 3 saturated carbocycles. The van der Waals surface area contributed by atoms with Crippen LogP contribution in [-0.4, -0.2) is 50.2 Å². The minimum absolute atomic E-state index is 0. The summed E-state index contributed by atoms with van der Waals surface area (Å²) in [6.07, 6.45) is 16.4. The molecule has 9 atom stereocenters. The molecule has 0 aliphatic heterocycles. The fourth-order valence-corrected chi connectivity index (χ4v) is 8.70. The number of hydrogen-bond acceptors (Lipinski definition) is 2. The Bertz CT molecular complexity index is 618. The summed E-state index contributed by atoms with van der Waals surface area (Å²) in [4.78, 5) is 0. The molecule has 0 bridgehead atoms. The number of aliphatic hydroxyl groups is 2. The Labute approximate surface area is 205 Å². The van der Waals surface area contributed by atoms with Crippen LogP contribution in [0, 0.1) is 46.3 Å². The van der Waals surface area contributed by atoms with Gasteiger partial charge in [0.1, 0.15) is 0 Å². The maximum Gasteiger partial charge on any atom is 0.0577 e. The van der Waals surface area contributed by atoms with E-state index in [4.69, 9.17) is 0 Å². The third-order valence-electron chi connectivity index (χ3n) is 10.5. The molecule has 0 spiro atoms. The van der Waals surface area contributed by atoms with Gasteiger partial charge in [0, 0.05) is 33.9 Å². The molecule has 0 aromatic rings. The van der Waals surface area contributed by atoms with Crippen LogP contribution in [0.4, 0.5) is 0 Å². The summed E-state index contributed by atoms with van der Waals surface area (Å²) >= 11 is 0. The first-order valence-electron chi connectivity index (χ1n) is 12.8. The van der Waals surface area contributed by atoms with Crippen molar-refractivity contribution >= 4 is 27.3 Å². The van der Waals surface area contributed by atoms with Crippen LogP contribution < -0.4 is 0 Å². The van der Waals surface area contributed by atoms with Crippen molar-refractivity contribution in [3.8, 4) is 0 Å². The fraction of sp³-hybridized carbons (Fsp3) is 0.926. The van der Waals surface area contributed by atoms with Gasteiger partial charge in [-0.25, -0.2) is 0 Å². The molecule has 3 heteroatoms. The van der Waals surface area contributed by atoms with E-state index in [0.29, 0.717) is 23.4 Å². The van der Waals surface area contributed by atoms with E-state index in [-0.39, 0.29) is 33.4 Å². The first-order chi connectivity index (χ1) is 13.8. The molecule has 170 valence electrons. The van der Waals surface area contributed by atoms with Crippen LogP contribution in [0.2, 0.25) is 0 Å². The second-order valence-electron chi connectivity index (χ2n) is 12.1. The summed E-state index contributed by atoms with van der Waals surface area (Å²) in [6, 6.07) is 0. The molecular formula is C27H46O2Pb. The van der Waals surface area contributed by atoms with Crippen LogP contribution in [0.15, 0.2) is 11.6 Å². The van der Waals surface area contributed by atoms with Gasteiger partial charge in [-0.3, -0.25) is 0 Å². The predicted octanol–water partition coefficient (Wildman–Crippen LogP) is 5.98. The van der Waals surface area contributed by atoms with Crippen molar-refractivity contribution in [2.24, 2.45) is 46.3 Å². The van der Waals surface area contributed by atoms with E-state index >= 15 is 0 Å². The van der Waals surface area contributed by atoms with Gasteiger partial charge < -0.3 is 10.2 Å². The SMILES string of the molecule is CC(CO)CCC[C@@H](C)[C@H]1CCC2[C@H]3CC=C4CC(O)CC[C@]4(C)[C@@H]3CC[C@@]21C.[Pb]. The van der Waals surface area contributed by atoms with Crippen LogP contribution in [0.3, 0.4) is 0 Å². The average Bonchev–Trinajstić information content (AvgIpc) is 3.05. The van der Waals surface area contributed by atoms with Gasteiger partial charge in [-0.2, -0.15) is 0 Å². The minimum Gasteiger partial charge on any atom is -0.396 e. The molecule has 4 aliphatic rings. The molecule has 30 heavy (non-hydrogen) atoms. The second-order valence-corrected chi connectivity index (χ2v) is 12.1. The molecule has 4 rings (SSSR count). The molecule has 3 unspecified atom stereocenters. The summed E-state index contributed by atoms with van der Waals surface area (Å²) in [6.45, 7) is 10.2. The number of allylic oxidation sites excluding steroid dienone is 1. The van der Waals surface area contributed by atoms with Crippen molar-refractivity contribution < 1.29 is 10.2 Å². The summed E-state index contributed by atoms with van der Waals surface area (Å²) < 4.78 is 0. The van der Waals surface area contributed by atoms with Gasteiger partial charge in [-0.05, 0) is 104 Å². The predicted molar refractivity (Wildman–Crippen MR) is 126 cm³/mol. The molecule has 0 amide bonds. The molecule has 0 saturated heterocycles. The van der Waals surface area contributed by atoms with Gasteiger partial charge in [-0.15, -0.1) is 0 Å². The molecular weight excluding hydrogens is 563 g/mol. The van der Waals surface area contributed by atoms with Gasteiger partial charge in [-0.1, -0.05) is 52.2 Å². The van der Waals surface area contributed by atoms with Crippen LogP contribution in [-0.2, 0) is 0 Å². The van der Waals surface area contributed by atoms with Crippen LogP contribution in [0.1, 0.15) is 98.3 Å².